The molecule has 0 spiro atoms. The number of ether oxygens (including phenoxy) is 2. The second kappa shape index (κ2) is 6.85. The number of hydrogen-bond donors (Lipinski definition) is 0. The largest absolute Gasteiger partial charge is 0.497 e. The molecule has 92 valence electrons. The van der Waals surface area contributed by atoms with E-state index in [1.807, 2.05) is 18.2 Å². The summed E-state index contributed by atoms with van der Waals surface area (Å²) in [6.45, 7) is 4.19. The van der Waals surface area contributed by atoms with Crippen LogP contribution in [-0.2, 0) is 6.42 Å². The normalized spacial score (nSPS) is 11.3. The van der Waals surface area contributed by atoms with E-state index in [1.54, 1.807) is 14.2 Å². The summed E-state index contributed by atoms with van der Waals surface area (Å²) in [7, 11) is 3.36. The van der Waals surface area contributed by atoms with Crippen molar-refractivity contribution in [2.24, 2.45) is 5.92 Å². The summed E-state index contributed by atoms with van der Waals surface area (Å²) in [5, 5.41) is 0. The topological polar surface area (TPSA) is 18.5 Å². The third-order valence-electron chi connectivity index (χ3n) is 2.54. The minimum absolute atomic E-state index is 0.330. The zero-order valence-corrected chi connectivity index (χ0v) is 11.0. The standard InChI is InChI=1S/C15H20O2/c1-5-6-7-12(2)10-13-11-14(16-3)8-9-15(13)17-4/h8-9,11-12H,5,10H2,1-4H3. The van der Waals surface area contributed by atoms with Crippen LogP contribution in [0.1, 0.15) is 25.8 Å². The van der Waals surface area contributed by atoms with Crippen molar-refractivity contribution < 1.29 is 9.47 Å². The number of rotatable bonds is 4. The Labute approximate surface area is 104 Å². The van der Waals surface area contributed by atoms with E-state index in [4.69, 9.17) is 9.47 Å². The first-order chi connectivity index (χ1) is 8.21. The second-order valence-corrected chi connectivity index (χ2v) is 3.96. The number of benzene rings is 1. The van der Waals surface area contributed by atoms with Crippen molar-refractivity contribution in [2.75, 3.05) is 14.2 Å². The Balaban J connectivity index is 2.87. The van der Waals surface area contributed by atoms with Crippen LogP contribution in [0.5, 0.6) is 11.5 Å². The first kappa shape index (κ1) is 13.4. The van der Waals surface area contributed by atoms with Gasteiger partial charge in [-0.2, -0.15) is 0 Å². The van der Waals surface area contributed by atoms with E-state index in [0.717, 1.165) is 29.9 Å². The predicted octanol–water partition coefficient (Wildman–Crippen LogP) is 3.30. The molecule has 0 radical (unpaired) electrons. The zero-order chi connectivity index (χ0) is 12.7. The molecule has 0 saturated carbocycles. The van der Waals surface area contributed by atoms with Gasteiger partial charge >= 0.3 is 0 Å². The van der Waals surface area contributed by atoms with Crippen molar-refractivity contribution in [2.45, 2.75) is 26.7 Å². The molecule has 0 aliphatic rings. The lowest BCUT2D eigenvalue weighted by Gasteiger charge is -2.11. The molecule has 0 aromatic heterocycles. The lowest BCUT2D eigenvalue weighted by Crippen LogP contribution is -2.00. The highest BCUT2D eigenvalue weighted by Crippen LogP contribution is 2.26. The first-order valence-corrected chi connectivity index (χ1v) is 5.90. The van der Waals surface area contributed by atoms with E-state index >= 15 is 0 Å². The molecular weight excluding hydrogens is 212 g/mol. The molecule has 0 aliphatic carbocycles. The van der Waals surface area contributed by atoms with Crippen LogP contribution in [0, 0.1) is 17.8 Å². The third kappa shape index (κ3) is 4.03. The van der Waals surface area contributed by atoms with Gasteiger partial charge in [0.1, 0.15) is 11.5 Å². The van der Waals surface area contributed by atoms with Gasteiger partial charge in [-0.25, -0.2) is 0 Å². The van der Waals surface area contributed by atoms with Crippen molar-refractivity contribution in [3.8, 4) is 23.3 Å². The zero-order valence-electron chi connectivity index (χ0n) is 11.0. The van der Waals surface area contributed by atoms with Crippen molar-refractivity contribution in [1.29, 1.82) is 0 Å². The molecule has 1 atom stereocenters. The van der Waals surface area contributed by atoms with Crippen LogP contribution < -0.4 is 9.47 Å². The molecule has 1 aromatic carbocycles. The molecule has 1 unspecified atom stereocenters. The van der Waals surface area contributed by atoms with Crippen LogP contribution in [0.3, 0.4) is 0 Å². The molecule has 0 bridgehead atoms. The van der Waals surface area contributed by atoms with E-state index < -0.39 is 0 Å². The summed E-state index contributed by atoms with van der Waals surface area (Å²) in [5.41, 5.74) is 1.14. The smallest absolute Gasteiger partial charge is 0.122 e. The summed E-state index contributed by atoms with van der Waals surface area (Å²) in [6.07, 6.45) is 1.78. The Morgan fingerprint density at radius 2 is 2.00 bits per heavy atom. The molecule has 0 aliphatic heterocycles. The maximum Gasteiger partial charge on any atom is 0.122 e. The fourth-order valence-corrected chi connectivity index (χ4v) is 1.70. The van der Waals surface area contributed by atoms with Crippen LogP contribution in [0.25, 0.3) is 0 Å². The molecule has 17 heavy (non-hydrogen) atoms. The highest BCUT2D eigenvalue weighted by molar-refractivity contribution is 5.41. The van der Waals surface area contributed by atoms with Gasteiger partial charge in [0.15, 0.2) is 0 Å². The molecule has 0 fully saturated rings. The lowest BCUT2D eigenvalue weighted by atomic mass is 10.0. The highest BCUT2D eigenvalue weighted by Gasteiger charge is 2.08. The van der Waals surface area contributed by atoms with Gasteiger partial charge in [-0.05, 0) is 30.2 Å². The van der Waals surface area contributed by atoms with Crippen molar-refractivity contribution in [3.05, 3.63) is 23.8 Å². The SMILES string of the molecule is CCC#CC(C)Cc1cc(OC)ccc1OC. The summed E-state index contributed by atoms with van der Waals surface area (Å²) >= 11 is 0. The summed E-state index contributed by atoms with van der Waals surface area (Å²) in [5.74, 6) is 8.42. The molecule has 0 N–H and O–H groups in total. The quantitative estimate of drug-likeness (QED) is 0.742. The molecule has 1 aromatic rings. The van der Waals surface area contributed by atoms with E-state index in [0.29, 0.717) is 5.92 Å². The van der Waals surface area contributed by atoms with E-state index in [1.165, 1.54) is 0 Å². The van der Waals surface area contributed by atoms with Gasteiger partial charge in [0.2, 0.25) is 0 Å². The fourth-order valence-electron chi connectivity index (χ4n) is 1.70. The molecule has 2 heteroatoms. The Morgan fingerprint density at radius 3 is 2.59 bits per heavy atom. The summed E-state index contributed by atoms with van der Waals surface area (Å²) in [4.78, 5) is 0. The van der Waals surface area contributed by atoms with Gasteiger partial charge in [0, 0.05) is 12.3 Å². The molecule has 0 amide bonds. The Bertz CT molecular complexity index is 413. The number of methoxy groups -OCH3 is 2. The lowest BCUT2D eigenvalue weighted by molar-refractivity contribution is 0.397. The fraction of sp³-hybridized carbons (Fsp3) is 0.467. The van der Waals surface area contributed by atoms with Crippen molar-refractivity contribution >= 4 is 0 Å². The molecule has 1 rings (SSSR count). The minimum atomic E-state index is 0.330. The van der Waals surface area contributed by atoms with E-state index in [-0.39, 0.29) is 0 Å². The number of hydrogen-bond acceptors (Lipinski definition) is 2. The van der Waals surface area contributed by atoms with Gasteiger partial charge in [-0.1, -0.05) is 19.8 Å². The molecule has 0 saturated heterocycles. The van der Waals surface area contributed by atoms with Crippen LogP contribution >= 0.6 is 0 Å². The van der Waals surface area contributed by atoms with Gasteiger partial charge in [-0.3, -0.25) is 0 Å². The van der Waals surface area contributed by atoms with Crippen LogP contribution in [0.4, 0.5) is 0 Å². The average molecular weight is 232 g/mol. The molecular formula is C15H20O2. The first-order valence-electron chi connectivity index (χ1n) is 5.90. The Kier molecular flexibility index (Phi) is 5.42. The highest BCUT2D eigenvalue weighted by atomic mass is 16.5. The Hall–Kier alpha value is -1.62. The van der Waals surface area contributed by atoms with Gasteiger partial charge in [0.25, 0.3) is 0 Å². The van der Waals surface area contributed by atoms with Crippen molar-refractivity contribution in [3.63, 3.8) is 0 Å². The molecule has 0 heterocycles. The second-order valence-electron chi connectivity index (χ2n) is 3.96. The van der Waals surface area contributed by atoms with Gasteiger partial charge < -0.3 is 9.47 Å². The third-order valence-corrected chi connectivity index (χ3v) is 2.54. The minimum Gasteiger partial charge on any atom is -0.497 e. The van der Waals surface area contributed by atoms with Crippen LogP contribution in [0.2, 0.25) is 0 Å². The summed E-state index contributed by atoms with van der Waals surface area (Å²) < 4.78 is 10.6. The van der Waals surface area contributed by atoms with Crippen LogP contribution in [-0.4, -0.2) is 14.2 Å². The maximum atomic E-state index is 5.35. The Morgan fingerprint density at radius 1 is 1.24 bits per heavy atom. The predicted molar refractivity (Wildman–Crippen MR) is 70.5 cm³/mol. The van der Waals surface area contributed by atoms with E-state index in [9.17, 15) is 0 Å². The monoisotopic (exact) mass is 232 g/mol. The van der Waals surface area contributed by atoms with E-state index in [2.05, 4.69) is 25.7 Å². The van der Waals surface area contributed by atoms with Gasteiger partial charge in [-0.15, -0.1) is 5.92 Å². The van der Waals surface area contributed by atoms with Crippen LogP contribution in [0.15, 0.2) is 18.2 Å². The van der Waals surface area contributed by atoms with Gasteiger partial charge in [0.05, 0.1) is 14.2 Å². The summed E-state index contributed by atoms with van der Waals surface area (Å²) in [6, 6.07) is 5.86. The average Bonchev–Trinajstić information content (AvgIpc) is 2.36. The maximum absolute atomic E-state index is 5.35. The van der Waals surface area contributed by atoms with Crippen molar-refractivity contribution in [1.82, 2.24) is 0 Å². The molecule has 2 nitrogen and oxygen atoms in total.